The summed E-state index contributed by atoms with van der Waals surface area (Å²) < 4.78 is 27.3. The molecular weight excluding hydrogens is 346 g/mol. The van der Waals surface area contributed by atoms with Crippen LogP contribution in [0.5, 0.6) is 0 Å². The molecule has 1 heterocycles. The van der Waals surface area contributed by atoms with E-state index in [2.05, 4.69) is 11.8 Å². The molecule has 1 aliphatic rings. The summed E-state index contributed by atoms with van der Waals surface area (Å²) in [5.41, 5.74) is 1.29. The largest absolute Gasteiger partial charge is 0.342 e. The highest BCUT2D eigenvalue weighted by atomic mass is 19.1. The number of carbonyl (C=O) groups excluding carboxylic acids is 1. The molecule has 1 saturated heterocycles. The zero-order chi connectivity index (χ0) is 19.4. The molecule has 5 heteroatoms. The number of hydrogen-bond acceptors (Lipinski definition) is 2. The van der Waals surface area contributed by atoms with Crippen LogP contribution in [0, 0.1) is 11.6 Å². The predicted molar refractivity (Wildman–Crippen MR) is 104 cm³/mol. The van der Waals surface area contributed by atoms with Gasteiger partial charge in [0, 0.05) is 30.8 Å². The van der Waals surface area contributed by atoms with Gasteiger partial charge < -0.3 is 9.80 Å². The van der Waals surface area contributed by atoms with Gasteiger partial charge in [0.1, 0.15) is 11.6 Å². The minimum absolute atomic E-state index is 0.0603. The summed E-state index contributed by atoms with van der Waals surface area (Å²) in [7, 11) is 1.80. The van der Waals surface area contributed by atoms with Crippen LogP contribution in [-0.2, 0) is 0 Å². The smallest absolute Gasteiger partial charge is 0.253 e. The van der Waals surface area contributed by atoms with Crippen molar-refractivity contribution in [3.8, 4) is 11.1 Å². The van der Waals surface area contributed by atoms with E-state index in [9.17, 15) is 13.6 Å². The van der Waals surface area contributed by atoms with E-state index >= 15 is 0 Å². The molecule has 1 aliphatic heterocycles. The Kier molecular flexibility index (Phi) is 6.22. The summed E-state index contributed by atoms with van der Waals surface area (Å²) in [5, 5.41) is 0. The van der Waals surface area contributed by atoms with Gasteiger partial charge in [0.05, 0.1) is 0 Å². The second-order valence-electron chi connectivity index (χ2n) is 7.31. The maximum absolute atomic E-state index is 13.9. The van der Waals surface area contributed by atoms with Crippen LogP contribution in [0.25, 0.3) is 11.1 Å². The average Bonchev–Trinajstić information content (AvgIpc) is 3.22. The topological polar surface area (TPSA) is 23.6 Å². The second kappa shape index (κ2) is 8.61. The lowest BCUT2D eigenvalue weighted by Crippen LogP contribution is -2.35. The van der Waals surface area contributed by atoms with Gasteiger partial charge in [0.25, 0.3) is 5.91 Å². The van der Waals surface area contributed by atoms with Gasteiger partial charge in [-0.1, -0.05) is 12.1 Å². The van der Waals surface area contributed by atoms with Crippen molar-refractivity contribution >= 4 is 5.91 Å². The summed E-state index contributed by atoms with van der Waals surface area (Å²) in [5.74, 6) is -1.03. The standard InChI is InChI=1S/C22H26F2N2O/c1-16(26-12-3-4-13-26)11-14-25(2)22(27)18-7-5-17(6-8-18)20-15-19(23)9-10-21(20)24/h5-10,15-16H,3-4,11-14H2,1-2H3/t16-/m0/s1. The fourth-order valence-corrected chi connectivity index (χ4v) is 3.58. The number of carbonyl (C=O) groups is 1. The normalized spacial score (nSPS) is 15.7. The molecule has 2 aromatic carbocycles. The summed E-state index contributed by atoms with van der Waals surface area (Å²) >= 11 is 0. The summed E-state index contributed by atoms with van der Waals surface area (Å²) in [4.78, 5) is 16.8. The van der Waals surface area contributed by atoms with E-state index < -0.39 is 11.6 Å². The van der Waals surface area contributed by atoms with Crippen LogP contribution < -0.4 is 0 Å². The molecule has 0 unspecified atom stereocenters. The quantitative estimate of drug-likeness (QED) is 0.741. The minimum atomic E-state index is -0.488. The second-order valence-corrected chi connectivity index (χ2v) is 7.31. The number of rotatable bonds is 6. The summed E-state index contributed by atoms with van der Waals surface area (Å²) in [6.07, 6.45) is 3.46. The molecule has 0 aliphatic carbocycles. The van der Waals surface area contributed by atoms with Crippen LogP contribution in [-0.4, -0.2) is 48.4 Å². The monoisotopic (exact) mass is 372 g/mol. The Morgan fingerprint density at radius 1 is 1.11 bits per heavy atom. The maximum atomic E-state index is 13.9. The third-order valence-electron chi connectivity index (χ3n) is 5.36. The molecular formula is C22H26F2N2O. The van der Waals surface area contributed by atoms with Gasteiger partial charge in [0.2, 0.25) is 0 Å². The molecule has 0 aromatic heterocycles. The Morgan fingerprint density at radius 2 is 1.78 bits per heavy atom. The van der Waals surface area contributed by atoms with Crippen LogP contribution in [0.3, 0.4) is 0 Å². The van der Waals surface area contributed by atoms with Gasteiger partial charge in [-0.3, -0.25) is 4.79 Å². The van der Waals surface area contributed by atoms with Crippen LogP contribution in [0.2, 0.25) is 0 Å². The van der Waals surface area contributed by atoms with Crippen LogP contribution in [0.1, 0.15) is 36.5 Å². The van der Waals surface area contributed by atoms with Crippen molar-refractivity contribution in [1.29, 1.82) is 0 Å². The van der Waals surface area contributed by atoms with Gasteiger partial charge in [-0.2, -0.15) is 0 Å². The molecule has 0 bridgehead atoms. The number of amides is 1. The Labute approximate surface area is 159 Å². The van der Waals surface area contributed by atoms with E-state index in [1.807, 2.05) is 0 Å². The number of likely N-dealkylation sites (tertiary alicyclic amines) is 1. The minimum Gasteiger partial charge on any atom is -0.342 e. The zero-order valence-corrected chi connectivity index (χ0v) is 15.9. The van der Waals surface area contributed by atoms with Crippen LogP contribution in [0.15, 0.2) is 42.5 Å². The molecule has 0 saturated carbocycles. The lowest BCUT2D eigenvalue weighted by atomic mass is 10.0. The fourth-order valence-electron chi connectivity index (χ4n) is 3.58. The molecule has 0 radical (unpaired) electrons. The third-order valence-corrected chi connectivity index (χ3v) is 5.36. The molecule has 3 nitrogen and oxygen atoms in total. The van der Waals surface area contributed by atoms with E-state index in [0.717, 1.165) is 37.7 Å². The fraction of sp³-hybridized carbons (Fsp3) is 0.409. The molecule has 1 atom stereocenters. The first-order valence-corrected chi connectivity index (χ1v) is 9.50. The molecule has 0 N–H and O–H groups in total. The van der Waals surface area contributed by atoms with Crippen molar-refractivity contribution < 1.29 is 13.6 Å². The molecule has 27 heavy (non-hydrogen) atoms. The van der Waals surface area contributed by atoms with Crippen molar-refractivity contribution in [2.75, 3.05) is 26.7 Å². The summed E-state index contributed by atoms with van der Waals surface area (Å²) in [6.45, 7) is 5.20. The number of hydrogen-bond donors (Lipinski definition) is 0. The number of nitrogens with zero attached hydrogens (tertiary/aromatic N) is 2. The van der Waals surface area contributed by atoms with Gasteiger partial charge >= 0.3 is 0 Å². The van der Waals surface area contributed by atoms with E-state index in [0.29, 0.717) is 23.7 Å². The highest BCUT2D eigenvalue weighted by Gasteiger charge is 2.19. The Bertz CT molecular complexity index is 785. The number of benzene rings is 2. The first-order chi connectivity index (χ1) is 13.0. The number of halogens is 2. The molecule has 1 fully saturated rings. The van der Waals surface area contributed by atoms with Gasteiger partial charge in [0.15, 0.2) is 0 Å². The van der Waals surface area contributed by atoms with Crippen molar-refractivity contribution in [1.82, 2.24) is 9.80 Å². The molecule has 0 spiro atoms. The Balaban J connectivity index is 1.62. The third kappa shape index (κ3) is 4.72. The van der Waals surface area contributed by atoms with E-state index in [1.54, 1.807) is 36.2 Å². The highest BCUT2D eigenvalue weighted by molar-refractivity contribution is 5.94. The lowest BCUT2D eigenvalue weighted by molar-refractivity contribution is 0.0781. The van der Waals surface area contributed by atoms with Gasteiger partial charge in [-0.05, 0) is 75.2 Å². The van der Waals surface area contributed by atoms with Crippen LogP contribution >= 0.6 is 0 Å². The molecule has 1 amide bonds. The van der Waals surface area contributed by atoms with Crippen molar-refractivity contribution in [2.24, 2.45) is 0 Å². The van der Waals surface area contributed by atoms with Crippen molar-refractivity contribution in [3.05, 3.63) is 59.7 Å². The molecule has 3 rings (SSSR count). The Hall–Kier alpha value is -2.27. The summed E-state index contributed by atoms with van der Waals surface area (Å²) in [6, 6.07) is 10.5. The van der Waals surface area contributed by atoms with Gasteiger partial charge in [-0.15, -0.1) is 0 Å². The lowest BCUT2D eigenvalue weighted by Gasteiger charge is -2.26. The van der Waals surface area contributed by atoms with E-state index in [4.69, 9.17) is 0 Å². The van der Waals surface area contributed by atoms with Crippen molar-refractivity contribution in [2.45, 2.75) is 32.2 Å². The SMILES string of the molecule is C[C@@H](CCN(C)C(=O)c1ccc(-c2cc(F)ccc2F)cc1)N1CCCC1. The van der Waals surface area contributed by atoms with E-state index in [1.165, 1.54) is 12.8 Å². The maximum Gasteiger partial charge on any atom is 0.253 e. The average molecular weight is 372 g/mol. The molecule has 2 aromatic rings. The first kappa shape index (κ1) is 19.5. The van der Waals surface area contributed by atoms with Crippen LogP contribution in [0.4, 0.5) is 8.78 Å². The predicted octanol–water partition coefficient (Wildman–Crippen LogP) is 4.58. The Morgan fingerprint density at radius 3 is 2.44 bits per heavy atom. The van der Waals surface area contributed by atoms with E-state index in [-0.39, 0.29) is 11.5 Å². The van der Waals surface area contributed by atoms with Gasteiger partial charge in [-0.25, -0.2) is 8.78 Å². The first-order valence-electron chi connectivity index (χ1n) is 9.50. The zero-order valence-electron chi connectivity index (χ0n) is 15.9. The molecule has 144 valence electrons. The van der Waals surface area contributed by atoms with Crippen molar-refractivity contribution in [3.63, 3.8) is 0 Å². The highest BCUT2D eigenvalue weighted by Crippen LogP contribution is 2.24.